The normalized spacial score (nSPS) is 12.9. The van der Waals surface area contributed by atoms with Crippen molar-refractivity contribution in [2.24, 2.45) is 0 Å². The number of nitrogens with zero attached hydrogens (tertiary/aromatic N) is 2. The van der Waals surface area contributed by atoms with Crippen molar-refractivity contribution in [2.45, 2.75) is 57.6 Å². The van der Waals surface area contributed by atoms with E-state index in [0.717, 1.165) is 4.31 Å². The van der Waals surface area contributed by atoms with Crippen LogP contribution in [-0.2, 0) is 26.2 Å². The van der Waals surface area contributed by atoms with Gasteiger partial charge >= 0.3 is 0 Å². The number of rotatable bonds is 11. The second-order valence-electron chi connectivity index (χ2n) is 9.42. The van der Waals surface area contributed by atoms with Crippen molar-refractivity contribution in [3.8, 4) is 0 Å². The summed E-state index contributed by atoms with van der Waals surface area (Å²) in [6.45, 7) is 6.35. The number of hydrogen-bond acceptors (Lipinski definition) is 4. The van der Waals surface area contributed by atoms with Crippen LogP contribution >= 0.6 is 34.8 Å². The molecule has 0 spiro atoms. The van der Waals surface area contributed by atoms with Gasteiger partial charge in [0.25, 0.3) is 10.0 Å². The molecule has 0 fully saturated rings. The van der Waals surface area contributed by atoms with Gasteiger partial charge in [0, 0.05) is 33.2 Å². The van der Waals surface area contributed by atoms with Gasteiger partial charge in [-0.25, -0.2) is 8.42 Å². The summed E-state index contributed by atoms with van der Waals surface area (Å²) in [7, 11) is -4.21. The van der Waals surface area contributed by atoms with Crippen LogP contribution in [0.4, 0.5) is 5.69 Å². The van der Waals surface area contributed by atoms with Gasteiger partial charge in [0.2, 0.25) is 11.8 Å². The van der Waals surface area contributed by atoms with Crippen LogP contribution in [0.5, 0.6) is 0 Å². The van der Waals surface area contributed by atoms with Gasteiger partial charge in [0.1, 0.15) is 12.6 Å². The van der Waals surface area contributed by atoms with Crippen LogP contribution in [0.2, 0.25) is 15.1 Å². The van der Waals surface area contributed by atoms with Gasteiger partial charge in [0.15, 0.2) is 0 Å². The van der Waals surface area contributed by atoms with Gasteiger partial charge in [0.05, 0.1) is 10.6 Å². The molecular weight excluding hydrogens is 593 g/mol. The molecule has 0 bridgehead atoms. The van der Waals surface area contributed by atoms with Crippen LogP contribution < -0.4 is 9.62 Å². The second kappa shape index (κ2) is 13.7. The van der Waals surface area contributed by atoms with Crippen LogP contribution in [-0.4, -0.2) is 43.8 Å². The molecule has 1 N–H and O–H groups in total. The van der Waals surface area contributed by atoms with E-state index >= 15 is 0 Å². The molecule has 0 aliphatic carbocycles. The Balaban J connectivity index is 2.10. The number of carbonyl (C=O) groups excluding carboxylic acids is 2. The largest absolute Gasteiger partial charge is 0.352 e. The number of sulfonamides is 1. The van der Waals surface area contributed by atoms with Crippen molar-refractivity contribution < 1.29 is 18.0 Å². The van der Waals surface area contributed by atoms with Crippen molar-refractivity contribution in [2.75, 3.05) is 10.8 Å². The fourth-order valence-corrected chi connectivity index (χ4v) is 6.18. The smallest absolute Gasteiger partial charge is 0.264 e. The molecule has 0 aromatic heterocycles. The van der Waals surface area contributed by atoms with E-state index in [1.165, 1.54) is 17.0 Å². The Labute approximate surface area is 251 Å². The number of benzene rings is 3. The van der Waals surface area contributed by atoms with E-state index in [0.29, 0.717) is 32.6 Å². The zero-order chi connectivity index (χ0) is 29.6. The lowest BCUT2D eigenvalue weighted by atomic mass is 10.1. The maximum absolute atomic E-state index is 14.1. The number of halogens is 3. The van der Waals surface area contributed by atoms with E-state index in [-0.39, 0.29) is 29.1 Å². The Morgan fingerprint density at radius 3 is 2.05 bits per heavy atom. The fourth-order valence-electron chi connectivity index (χ4n) is 4.00. The summed E-state index contributed by atoms with van der Waals surface area (Å²) < 4.78 is 28.8. The highest BCUT2D eigenvalue weighted by molar-refractivity contribution is 7.92. The predicted octanol–water partition coefficient (Wildman–Crippen LogP) is 6.48. The Bertz CT molecular complexity index is 1450. The van der Waals surface area contributed by atoms with E-state index in [1.807, 2.05) is 13.8 Å². The maximum Gasteiger partial charge on any atom is 0.264 e. The SMILES string of the molecule is CC[C@H](C)NC(=O)[C@@H](C)N(Cc1c(Cl)cccc1Cl)C(=O)CN(c1cccc(Cl)c1C)S(=O)(=O)c1ccccc1. The molecule has 0 heterocycles. The molecule has 0 saturated carbocycles. The first-order chi connectivity index (χ1) is 18.9. The molecule has 0 saturated heterocycles. The van der Waals surface area contributed by atoms with Crippen LogP contribution in [0, 0.1) is 6.92 Å². The van der Waals surface area contributed by atoms with Crippen molar-refractivity contribution in [1.29, 1.82) is 0 Å². The minimum absolute atomic E-state index is 0.00503. The molecule has 2 amide bonds. The number of anilines is 1. The number of carbonyl (C=O) groups is 2. The molecule has 3 rings (SSSR count). The average Bonchev–Trinajstić information content (AvgIpc) is 2.93. The summed E-state index contributed by atoms with van der Waals surface area (Å²) in [5.41, 5.74) is 1.18. The Kier molecular flexibility index (Phi) is 10.9. The molecule has 7 nitrogen and oxygen atoms in total. The fraction of sp³-hybridized carbons (Fsp3) is 0.310. The van der Waals surface area contributed by atoms with E-state index < -0.39 is 28.5 Å². The second-order valence-corrected chi connectivity index (χ2v) is 12.5. The van der Waals surface area contributed by atoms with Crippen molar-refractivity contribution >= 4 is 62.3 Å². The zero-order valence-electron chi connectivity index (χ0n) is 22.7. The molecule has 2 atom stereocenters. The first-order valence-electron chi connectivity index (χ1n) is 12.7. The van der Waals surface area contributed by atoms with Crippen molar-refractivity contribution in [3.05, 3.63) is 92.9 Å². The number of amides is 2. The summed E-state index contributed by atoms with van der Waals surface area (Å²) >= 11 is 19.2. The third kappa shape index (κ3) is 7.29. The van der Waals surface area contributed by atoms with E-state index in [4.69, 9.17) is 34.8 Å². The summed E-state index contributed by atoms with van der Waals surface area (Å²) in [6, 6.07) is 16.5. The molecule has 0 aliphatic rings. The standard InChI is InChI=1S/C29H32Cl3N3O4S/c1-5-19(2)33-29(37)21(4)34(17-23-25(31)14-9-15-26(23)32)28(36)18-35(27-16-10-13-24(30)20(27)3)40(38,39)22-11-7-6-8-12-22/h6-16,19,21H,5,17-18H2,1-4H3,(H,33,37)/t19-,21+/m0/s1. The van der Waals surface area contributed by atoms with Crippen LogP contribution in [0.25, 0.3) is 0 Å². The first-order valence-corrected chi connectivity index (χ1v) is 15.3. The van der Waals surface area contributed by atoms with E-state index in [2.05, 4.69) is 5.32 Å². The van der Waals surface area contributed by atoms with Gasteiger partial charge in [-0.3, -0.25) is 13.9 Å². The lowest BCUT2D eigenvalue weighted by Gasteiger charge is -2.33. The van der Waals surface area contributed by atoms with Gasteiger partial charge in [-0.05, 0) is 69.2 Å². The topological polar surface area (TPSA) is 86.8 Å². The molecule has 3 aromatic rings. The zero-order valence-corrected chi connectivity index (χ0v) is 25.8. The van der Waals surface area contributed by atoms with Crippen LogP contribution in [0.15, 0.2) is 71.6 Å². The Morgan fingerprint density at radius 1 is 0.875 bits per heavy atom. The quantitative estimate of drug-likeness (QED) is 0.265. The monoisotopic (exact) mass is 623 g/mol. The van der Waals surface area contributed by atoms with Crippen LogP contribution in [0.3, 0.4) is 0 Å². The third-order valence-corrected chi connectivity index (χ3v) is 9.57. The highest BCUT2D eigenvalue weighted by Crippen LogP contribution is 2.32. The van der Waals surface area contributed by atoms with Gasteiger partial charge < -0.3 is 10.2 Å². The van der Waals surface area contributed by atoms with E-state index in [1.54, 1.807) is 68.4 Å². The summed E-state index contributed by atoms with van der Waals surface area (Å²) in [4.78, 5) is 28.5. The Morgan fingerprint density at radius 2 is 1.45 bits per heavy atom. The molecule has 0 radical (unpaired) electrons. The molecule has 40 heavy (non-hydrogen) atoms. The summed E-state index contributed by atoms with van der Waals surface area (Å²) in [6.07, 6.45) is 0.694. The predicted molar refractivity (Wildman–Crippen MR) is 162 cm³/mol. The van der Waals surface area contributed by atoms with Gasteiger partial charge in [-0.2, -0.15) is 0 Å². The summed E-state index contributed by atoms with van der Waals surface area (Å²) in [5, 5.41) is 3.87. The molecular formula is C29H32Cl3N3O4S. The first kappa shape index (κ1) is 31.7. The maximum atomic E-state index is 14.1. The number of hydrogen-bond donors (Lipinski definition) is 1. The molecule has 0 aliphatic heterocycles. The third-order valence-electron chi connectivity index (χ3n) is 6.68. The van der Waals surface area contributed by atoms with Gasteiger partial charge in [-0.15, -0.1) is 0 Å². The molecule has 3 aromatic carbocycles. The van der Waals surface area contributed by atoms with Crippen LogP contribution in [0.1, 0.15) is 38.3 Å². The Hall–Kier alpha value is -2.78. The lowest BCUT2D eigenvalue weighted by Crippen LogP contribution is -2.52. The minimum atomic E-state index is -4.21. The molecule has 0 unspecified atom stereocenters. The van der Waals surface area contributed by atoms with E-state index in [9.17, 15) is 18.0 Å². The number of nitrogens with one attached hydrogen (secondary N) is 1. The molecule has 11 heteroatoms. The van der Waals surface area contributed by atoms with Crippen molar-refractivity contribution in [3.63, 3.8) is 0 Å². The molecule has 214 valence electrons. The minimum Gasteiger partial charge on any atom is -0.352 e. The lowest BCUT2D eigenvalue weighted by molar-refractivity contribution is -0.139. The van der Waals surface area contributed by atoms with Gasteiger partial charge in [-0.1, -0.05) is 72.1 Å². The highest BCUT2D eigenvalue weighted by Gasteiger charge is 2.34. The average molecular weight is 625 g/mol. The highest BCUT2D eigenvalue weighted by atomic mass is 35.5. The van der Waals surface area contributed by atoms with Crippen molar-refractivity contribution in [1.82, 2.24) is 10.2 Å². The summed E-state index contributed by atoms with van der Waals surface area (Å²) in [5.74, 6) is -1.01.